The molecule has 1 rings (SSSR count). The molecule has 5 heteroatoms. The number of benzene rings is 1. The molecule has 120 valence electrons. The highest BCUT2D eigenvalue weighted by Crippen LogP contribution is 2.14. The quantitative estimate of drug-likeness (QED) is 0.722. The molecule has 21 heavy (non-hydrogen) atoms. The third kappa shape index (κ3) is 6.16. The Bertz CT molecular complexity index is 507. The lowest BCUT2D eigenvalue weighted by Crippen LogP contribution is -2.34. The number of nitrogens with zero attached hydrogens (tertiary/aromatic N) is 1. The molecule has 0 unspecified atom stereocenters. The van der Waals surface area contributed by atoms with Crippen LogP contribution in [0.1, 0.15) is 50.7 Å². The standard InChI is InChI=1S/C16H28N2O2S/c1-3-5-10-18(11-6-4-2)21(19,20)14-16-9-7-8-15(12-16)13-17/h7-9,12H,3-6,10-11,13-14,17H2,1-2H3. The third-order valence-corrected chi connectivity index (χ3v) is 5.34. The van der Waals surface area contributed by atoms with E-state index < -0.39 is 10.0 Å². The number of hydrogen-bond acceptors (Lipinski definition) is 3. The van der Waals surface area contributed by atoms with Crippen molar-refractivity contribution < 1.29 is 8.42 Å². The highest BCUT2D eigenvalue weighted by Gasteiger charge is 2.21. The first-order valence-electron chi connectivity index (χ1n) is 7.79. The summed E-state index contributed by atoms with van der Waals surface area (Å²) in [5.41, 5.74) is 7.40. The Hall–Kier alpha value is -0.910. The van der Waals surface area contributed by atoms with Crippen LogP contribution in [-0.4, -0.2) is 25.8 Å². The molecule has 0 saturated carbocycles. The Morgan fingerprint density at radius 1 is 1.05 bits per heavy atom. The minimum atomic E-state index is -3.25. The minimum absolute atomic E-state index is 0.0638. The molecule has 0 radical (unpaired) electrons. The highest BCUT2D eigenvalue weighted by molar-refractivity contribution is 7.88. The summed E-state index contributed by atoms with van der Waals surface area (Å²) in [6.45, 7) is 5.83. The van der Waals surface area contributed by atoms with Crippen molar-refractivity contribution in [1.82, 2.24) is 4.31 Å². The van der Waals surface area contributed by atoms with E-state index in [0.717, 1.165) is 36.8 Å². The van der Waals surface area contributed by atoms with Gasteiger partial charge < -0.3 is 5.73 Å². The Morgan fingerprint density at radius 3 is 2.14 bits per heavy atom. The molecule has 0 atom stereocenters. The molecule has 0 amide bonds. The first-order valence-corrected chi connectivity index (χ1v) is 9.40. The third-order valence-electron chi connectivity index (χ3n) is 3.49. The van der Waals surface area contributed by atoms with Crippen LogP contribution < -0.4 is 5.73 Å². The van der Waals surface area contributed by atoms with Gasteiger partial charge in [0.1, 0.15) is 0 Å². The summed E-state index contributed by atoms with van der Waals surface area (Å²) in [7, 11) is -3.25. The zero-order valence-electron chi connectivity index (χ0n) is 13.2. The molecule has 0 heterocycles. The lowest BCUT2D eigenvalue weighted by molar-refractivity contribution is 0.394. The second-order valence-electron chi connectivity index (χ2n) is 5.39. The molecule has 0 aliphatic rings. The molecule has 0 aliphatic heterocycles. The second kappa shape index (κ2) is 9.18. The van der Waals surface area contributed by atoms with Gasteiger partial charge in [-0.15, -0.1) is 0 Å². The van der Waals surface area contributed by atoms with Crippen LogP contribution in [0, 0.1) is 0 Å². The predicted molar refractivity (Wildman–Crippen MR) is 88.3 cm³/mol. The SMILES string of the molecule is CCCCN(CCCC)S(=O)(=O)Cc1cccc(CN)c1. The summed E-state index contributed by atoms with van der Waals surface area (Å²) in [6.07, 6.45) is 3.82. The molecule has 0 saturated heterocycles. The van der Waals surface area contributed by atoms with Gasteiger partial charge in [0.25, 0.3) is 0 Å². The summed E-state index contributed by atoms with van der Waals surface area (Å²) in [6, 6.07) is 7.53. The summed E-state index contributed by atoms with van der Waals surface area (Å²) >= 11 is 0. The number of nitrogens with two attached hydrogens (primary N) is 1. The molecule has 0 fully saturated rings. The zero-order chi connectivity index (χ0) is 15.7. The van der Waals surface area contributed by atoms with Gasteiger partial charge in [0.2, 0.25) is 10.0 Å². The highest BCUT2D eigenvalue weighted by atomic mass is 32.2. The van der Waals surface area contributed by atoms with Crippen molar-refractivity contribution in [2.45, 2.75) is 51.8 Å². The molecule has 1 aromatic carbocycles. The van der Waals surface area contributed by atoms with Gasteiger partial charge in [0.05, 0.1) is 5.75 Å². The van der Waals surface area contributed by atoms with Crippen molar-refractivity contribution in [3.63, 3.8) is 0 Å². The van der Waals surface area contributed by atoms with Gasteiger partial charge >= 0.3 is 0 Å². The van der Waals surface area contributed by atoms with Gasteiger partial charge in [-0.1, -0.05) is 51.0 Å². The van der Waals surface area contributed by atoms with E-state index in [-0.39, 0.29) is 5.75 Å². The maximum atomic E-state index is 12.6. The normalized spacial score (nSPS) is 12.0. The van der Waals surface area contributed by atoms with Crippen molar-refractivity contribution in [3.8, 4) is 0 Å². The van der Waals surface area contributed by atoms with Crippen molar-refractivity contribution in [1.29, 1.82) is 0 Å². The summed E-state index contributed by atoms with van der Waals surface area (Å²) in [5.74, 6) is 0.0638. The van der Waals surface area contributed by atoms with Crippen LogP contribution >= 0.6 is 0 Å². The lowest BCUT2D eigenvalue weighted by Gasteiger charge is -2.22. The van der Waals surface area contributed by atoms with Crippen LogP contribution in [0.25, 0.3) is 0 Å². The van der Waals surface area contributed by atoms with Crippen molar-refractivity contribution in [2.24, 2.45) is 5.73 Å². The van der Waals surface area contributed by atoms with E-state index in [4.69, 9.17) is 5.73 Å². The van der Waals surface area contributed by atoms with E-state index in [9.17, 15) is 8.42 Å². The number of sulfonamides is 1. The van der Waals surface area contributed by atoms with Gasteiger partial charge in [0.15, 0.2) is 0 Å². The van der Waals surface area contributed by atoms with E-state index in [0.29, 0.717) is 19.6 Å². The maximum Gasteiger partial charge on any atom is 0.218 e. The van der Waals surface area contributed by atoms with Gasteiger partial charge in [-0.05, 0) is 24.0 Å². The van der Waals surface area contributed by atoms with Gasteiger partial charge in [-0.2, -0.15) is 0 Å². The molecule has 0 aromatic heterocycles. The topological polar surface area (TPSA) is 63.4 Å². The molecular weight excluding hydrogens is 284 g/mol. The van der Waals surface area contributed by atoms with Crippen LogP contribution in [0.5, 0.6) is 0 Å². The summed E-state index contributed by atoms with van der Waals surface area (Å²) in [4.78, 5) is 0. The summed E-state index contributed by atoms with van der Waals surface area (Å²) in [5, 5.41) is 0. The van der Waals surface area contributed by atoms with Crippen LogP contribution in [-0.2, 0) is 22.3 Å². The average Bonchev–Trinajstić information content (AvgIpc) is 2.46. The van der Waals surface area contributed by atoms with E-state index in [2.05, 4.69) is 13.8 Å². The maximum absolute atomic E-state index is 12.6. The van der Waals surface area contributed by atoms with Crippen LogP contribution in [0.3, 0.4) is 0 Å². The monoisotopic (exact) mass is 312 g/mol. The molecule has 4 nitrogen and oxygen atoms in total. The Balaban J connectivity index is 2.83. The molecule has 0 bridgehead atoms. The molecule has 2 N–H and O–H groups in total. The second-order valence-corrected chi connectivity index (χ2v) is 7.36. The van der Waals surface area contributed by atoms with E-state index in [1.165, 1.54) is 0 Å². The van der Waals surface area contributed by atoms with Gasteiger partial charge in [-0.3, -0.25) is 0 Å². The predicted octanol–water partition coefficient (Wildman–Crippen LogP) is 2.88. The molecule has 0 spiro atoms. The van der Waals surface area contributed by atoms with Crippen molar-refractivity contribution >= 4 is 10.0 Å². The van der Waals surface area contributed by atoms with Crippen molar-refractivity contribution in [3.05, 3.63) is 35.4 Å². The number of rotatable bonds is 10. The Labute approximate surface area is 129 Å². The van der Waals surface area contributed by atoms with E-state index in [1.54, 1.807) is 4.31 Å². The first-order chi connectivity index (χ1) is 10.0. The van der Waals surface area contributed by atoms with Crippen LogP contribution in [0.4, 0.5) is 0 Å². The lowest BCUT2D eigenvalue weighted by atomic mass is 10.1. The Kier molecular flexibility index (Phi) is 7.93. The van der Waals surface area contributed by atoms with Gasteiger partial charge in [-0.25, -0.2) is 12.7 Å². The average molecular weight is 312 g/mol. The minimum Gasteiger partial charge on any atom is -0.326 e. The Morgan fingerprint density at radius 2 is 1.62 bits per heavy atom. The molecule has 0 aliphatic carbocycles. The largest absolute Gasteiger partial charge is 0.326 e. The van der Waals surface area contributed by atoms with Crippen molar-refractivity contribution in [2.75, 3.05) is 13.1 Å². The fourth-order valence-corrected chi connectivity index (χ4v) is 3.81. The van der Waals surface area contributed by atoms with Crippen LogP contribution in [0.15, 0.2) is 24.3 Å². The zero-order valence-corrected chi connectivity index (χ0v) is 14.0. The first kappa shape index (κ1) is 18.1. The van der Waals surface area contributed by atoms with Crippen LogP contribution in [0.2, 0.25) is 0 Å². The number of hydrogen-bond donors (Lipinski definition) is 1. The summed E-state index contributed by atoms with van der Waals surface area (Å²) < 4.78 is 26.9. The van der Waals surface area contributed by atoms with Gasteiger partial charge in [0, 0.05) is 19.6 Å². The molecule has 1 aromatic rings. The van der Waals surface area contributed by atoms with E-state index >= 15 is 0 Å². The van der Waals surface area contributed by atoms with E-state index in [1.807, 2.05) is 24.3 Å². The fourth-order valence-electron chi connectivity index (χ4n) is 2.21. The fraction of sp³-hybridized carbons (Fsp3) is 0.625. The molecular formula is C16H28N2O2S. The smallest absolute Gasteiger partial charge is 0.218 e. The number of unbranched alkanes of at least 4 members (excludes halogenated alkanes) is 2.